The number of amides is 1. The monoisotopic (exact) mass is 293 g/mol. The molecule has 1 heterocycles. The molecule has 3 aliphatic rings. The third kappa shape index (κ3) is 1.71. The van der Waals surface area contributed by atoms with Crippen molar-refractivity contribution >= 4 is 18.6 Å². The van der Waals surface area contributed by atoms with E-state index in [0.717, 1.165) is 12.8 Å². The summed E-state index contributed by atoms with van der Waals surface area (Å²) in [4.78, 5) is 30.7. The maximum Gasteiger partial charge on any atom is 0.328 e. The Balaban J connectivity index is 1.89. The van der Waals surface area contributed by atoms with Gasteiger partial charge in [0, 0.05) is 12.5 Å². The van der Waals surface area contributed by atoms with Gasteiger partial charge in [-0.3, -0.25) is 9.79 Å². The van der Waals surface area contributed by atoms with Gasteiger partial charge >= 0.3 is 5.97 Å². The number of carbonyl (C=O) groups is 2. The molecule has 4 atom stereocenters. The number of hydrogen-bond acceptors (Lipinski definition) is 5. The number of carbonyl (C=O) groups excluding carboxylic acids is 2. The van der Waals surface area contributed by atoms with Crippen LogP contribution in [0, 0.1) is 17.3 Å². The molecule has 6 nitrogen and oxygen atoms in total. The molecule has 1 aliphatic heterocycles. The highest BCUT2D eigenvalue weighted by molar-refractivity contribution is 5.90. The molecule has 6 heteroatoms. The van der Waals surface area contributed by atoms with E-state index in [2.05, 4.69) is 25.6 Å². The maximum atomic E-state index is 12.6. The highest BCUT2D eigenvalue weighted by Crippen LogP contribution is 2.70. The Morgan fingerprint density at radius 3 is 2.52 bits per heavy atom. The maximum absolute atomic E-state index is 12.6. The van der Waals surface area contributed by atoms with Crippen molar-refractivity contribution in [2.75, 3.05) is 13.7 Å². The second-order valence-electron chi connectivity index (χ2n) is 7.08. The third-order valence-corrected chi connectivity index (χ3v) is 5.81. The van der Waals surface area contributed by atoms with Crippen LogP contribution in [0.15, 0.2) is 4.99 Å². The fraction of sp³-hybridized carbons (Fsp3) is 0.800. The van der Waals surface area contributed by atoms with Crippen molar-refractivity contribution in [1.29, 1.82) is 0 Å². The van der Waals surface area contributed by atoms with Crippen molar-refractivity contribution in [2.24, 2.45) is 28.0 Å². The summed E-state index contributed by atoms with van der Waals surface area (Å²) in [5.41, 5.74) is 5.44. The number of nitrogens with zero attached hydrogens (tertiary/aromatic N) is 2. The number of aliphatic imine (C=N–C) groups is 1. The van der Waals surface area contributed by atoms with Crippen LogP contribution in [0.25, 0.3) is 0 Å². The van der Waals surface area contributed by atoms with Crippen LogP contribution in [0.4, 0.5) is 0 Å². The molecule has 3 fully saturated rings. The molecule has 0 bridgehead atoms. The first-order valence-corrected chi connectivity index (χ1v) is 7.43. The minimum atomic E-state index is -0.590. The largest absolute Gasteiger partial charge is 0.467 e. The Hall–Kier alpha value is -1.43. The molecule has 0 radical (unpaired) electrons. The van der Waals surface area contributed by atoms with E-state index >= 15 is 0 Å². The predicted octanol–water partition coefficient (Wildman–Crippen LogP) is 0.203. The van der Waals surface area contributed by atoms with Crippen LogP contribution in [0.3, 0.4) is 0 Å². The van der Waals surface area contributed by atoms with E-state index in [1.807, 2.05) is 0 Å². The van der Waals surface area contributed by atoms with Crippen molar-refractivity contribution in [1.82, 2.24) is 4.90 Å². The Kier molecular flexibility index (Phi) is 2.96. The van der Waals surface area contributed by atoms with Crippen LogP contribution in [-0.2, 0) is 14.3 Å². The quantitative estimate of drug-likeness (QED) is 0.593. The Morgan fingerprint density at radius 2 is 2.05 bits per heavy atom. The number of nitrogens with two attached hydrogens (primary N) is 1. The Morgan fingerprint density at radius 1 is 1.43 bits per heavy atom. The van der Waals surface area contributed by atoms with Crippen LogP contribution in [0.5, 0.6) is 0 Å². The van der Waals surface area contributed by atoms with Gasteiger partial charge in [0.2, 0.25) is 5.91 Å². The highest BCUT2D eigenvalue weighted by Gasteiger charge is 2.81. The van der Waals surface area contributed by atoms with Crippen LogP contribution in [-0.4, -0.2) is 54.8 Å². The second kappa shape index (κ2) is 4.29. The van der Waals surface area contributed by atoms with Gasteiger partial charge in [0.1, 0.15) is 6.04 Å². The lowest BCUT2D eigenvalue weighted by atomic mass is 9.99. The molecular weight excluding hydrogens is 270 g/mol. The summed E-state index contributed by atoms with van der Waals surface area (Å²) >= 11 is 0. The van der Waals surface area contributed by atoms with Crippen molar-refractivity contribution in [3.8, 4) is 0 Å². The molecule has 1 saturated heterocycles. The minimum absolute atomic E-state index is 0.0368. The van der Waals surface area contributed by atoms with Gasteiger partial charge in [0.25, 0.3) is 0 Å². The molecule has 0 aromatic rings. The zero-order valence-electron chi connectivity index (χ0n) is 12.8. The van der Waals surface area contributed by atoms with E-state index in [9.17, 15) is 9.59 Å². The molecular formula is C15H23N3O3. The van der Waals surface area contributed by atoms with Crippen LogP contribution in [0.1, 0.15) is 26.7 Å². The number of methoxy groups -OCH3 is 1. The molecule has 0 aromatic heterocycles. The second-order valence-corrected chi connectivity index (χ2v) is 7.08. The first-order chi connectivity index (χ1) is 9.81. The molecule has 0 aromatic carbocycles. The summed E-state index contributed by atoms with van der Waals surface area (Å²) in [5, 5.41) is 0. The average Bonchev–Trinajstić information content (AvgIpc) is 3.33. The first kappa shape index (κ1) is 14.5. The van der Waals surface area contributed by atoms with Gasteiger partial charge in [-0.05, 0) is 30.9 Å². The lowest BCUT2D eigenvalue weighted by Crippen LogP contribution is -2.53. The molecule has 2 N–H and O–H groups in total. The Bertz CT molecular complexity index is 514. The summed E-state index contributed by atoms with van der Waals surface area (Å²) in [6.07, 6.45) is 1.98. The van der Waals surface area contributed by atoms with E-state index in [-0.39, 0.29) is 29.1 Å². The van der Waals surface area contributed by atoms with Crippen LogP contribution in [0.2, 0.25) is 0 Å². The lowest BCUT2D eigenvalue weighted by Gasteiger charge is -2.31. The normalized spacial score (nSPS) is 37.6. The fourth-order valence-corrected chi connectivity index (χ4v) is 4.17. The summed E-state index contributed by atoms with van der Waals surface area (Å²) in [6.45, 7) is 8.22. The number of likely N-dealkylation sites (tertiary alicyclic amines) is 1. The zero-order valence-corrected chi connectivity index (χ0v) is 12.8. The molecule has 1 amide bonds. The number of piperidine rings is 1. The van der Waals surface area contributed by atoms with Gasteiger partial charge in [-0.1, -0.05) is 13.8 Å². The summed E-state index contributed by atoms with van der Waals surface area (Å²) in [6, 6.07) is -1.10. The molecule has 2 saturated carbocycles. The van der Waals surface area contributed by atoms with Crippen molar-refractivity contribution in [3.05, 3.63) is 0 Å². The molecule has 0 spiro atoms. The highest BCUT2D eigenvalue weighted by atomic mass is 16.5. The first-order valence-electron chi connectivity index (χ1n) is 7.43. The number of ether oxygens (including phenoxy) is 1. The molecule has 3 rings (SSSR count). The summed E-state index contributed by atoms with van der Waals surface area (Å²) in [7, 11) is 1.35. The number of hydrogen-bond donors (Lipinski definition) is 1. The van der Waals surface area contributed by atoms with Crippen LogP contribution >= 0.6 is 0 Å². The van der Waals surface area contributed by atoms with Gasteiger partial charge in [-0.25, -0.2) is 4.79 Å². The van der Waals surface area contributed by atoms with E-state index in [0.29, 0.717) is 6.54 Å². The predicted molar refractivity (Wildman–Crippen MR) is 77.8 cm³/mol. The smallest absolute Gasteiger partial charge is 0.328 e. The molecule has 116 valence electrons. The lowest BCUT2D eigenvalue weighted by molar-refractivity contribution is -0.153. The van der Waals surface area contributed by atoms with Crippen molar-refractivity contribution in [3.63, 3.8) is 0 Å². The average molecular weight is 293 g/mol. The molecule has 0 unspecified atom stereocenters. The van der Waals surface area contributed by atoms with E-state index in [4.69, 9.17) is 10.5 Å². The number of fused-ring (bicyclic) bond motifs is 1. The third-order valence-electron chi connectivity index (χ3n) is 5.81. The standard InChI is InChI=1S/C15H23N3O3/c1-14(2)11-10(13(20)21-4)18(7-15(11,14)17-3)12(19)9(16)8-5-6-8/h8-11H,3,5-7,16H2,1-2,4H3/t9-,10-,11-,15+/m0/s1. The van der Waals surface area contributed by atoms with Crippen LogP contribution < -0.4 is 5.73 Å². The summed E-state index contributed by atoms with van der Waals surface area (Å²) < 4.78 is 4.91. The van der Waals surface area contributed by atoms with Gasteiger partial charge in [-0.15, -0.1) is 0 Å². The topological polar surface area (TPSA) is 85.0 Å². The minimum Gasteiger partial charge on any atom is -0.467 e. The van der Waals surface area contributed by atoms with Gasteiger partial charge in [-0.2, -0.15) is 0 Å². The number of rotatable bonds is 4. The Labute approximate surface area is 124 Å². The van der Waals surface area contributed by atoms with E-state index < -0.39 is 17.6 Å². The SMILES string of the molecule is C=N[C@]12CN(C(=O)[C@@H](N)C3CC3)[C@H](C(=O)OC)[C@H]1C2(C)C. The van der Waals surface area contributed by atoms with Gasteiger partial charge in [0.15, 0.2) is 0 Å². The zero-order chi connectivity index (χ0) is 15.6. The van der Waals surface area contributed by atoms with Gasteiger partial charge < -0.3 is 15.4 Å². The van der Waals surface area contributed by atoms with Crippen molar-refractivity contribution in [2.45, 2.75) is 44.3 Å². The fourth-order valence-electron chi connectivity index (χ4n) is 4.17. The number of esters is 1. The van der Waals surface area contributed by atoms with Gasteiger partial charge in [0.05, 0.1) is 18.7 Å². The van der Waals surface area contributed by atoms with E-state index in [1.165, 1.54) is 7.11 Å². The molecule has 21 heavy (non-hydrogen) atoms. The molecule has 2 aliphatic carbocycles. The van der Waals surface area contributed by atoms with E-state index in [1.54, 1.807) is 4.90 Å². The van der Waals surface area contributed by atoms with Crippen molar-refractivity contribution < 1.29 is 14.3 Å². The summed E-state index contributed by atoms with van der Waals surface area (Å²) in [5.74, 6) is -0.315.